The summed E-state index contributed by atoms with van der Waals surface area (Å²) in [6.45, 7) is -0.181. The number of hydrogen-bond donors (Lipinski definition) is 3. The Bertz CT molecular complexity index is 992. The van der Waals surface area contributed by atoms with Gasteiger partial charge in [-0.3, -0.25) is 24.6 Å². The highest BCUT2D eigenvalue weighted by molar-refractivity contribution is 6.15. The molecule has 0 saturated carbocycles. The van der Waals surface area contributed by atoms with E-state index in [2.05, 4.69) is 10.6 Å². The Balaban J connectivity index is 1.60. The number of nitrogens with one attached hydrogen (secondary N) is 2. The van der Waals surface area contributed by atoms with Crippen LogP contribution in [0.15, 0.2) is 54.6 Å². The summed E-state index contributed by atoms with van der Waals surface area (Å²) in [6.07, 6.45) is 0. The minimum absolute atomic E-state index is 0.156. The molecule has 28 heavy (non-hydrogen) atoms. The number of likely N-dealkylation sites (tertiary alicyclic amines) is 1. The summed E-state index contributed by atoms with van der Waals surface area (Å²) in [5.74, 6) is -2.75. The first kappa shape index (κ1) is 17.1. The molecule has 3 amide bonds. The van der Waals surface area contributed by atoms with Crippen molar-refractivity contribution in [2.45, 2.75) is 18.1 Å². The van der Waals surface area contributed by atoms with Gasteiger partial charge >= 0.3 is 0 Å². The molecule has 142 valence electrons. The van der Waals surface area contributed by atoms with Gasteiger partial charge in [0.05, 0.1) is 25.0 Å². The Morgan fingerprint density at radius 3 is 2.43 bits per heavy atom. The second-order valence-electron chi connectivity index (χ2n) is 7.49. The number of amides is 3. The fourth-order valence-corrected chi connectivity index (χ4v) is 4.90. The fourth-order valence-electron chi connectivity index (χ4n) is 4.90. The lowest BCUT2D eigenvalue weighted by molar-refractivity contribution is -0.143. The molecule has 2 saturated heterocycles. The summed E-state index contributed by atoms with van der Waals surface area (Å²) < 4.78 is 0. The fraction of sp³-hybridized carbons (Fsp3) is 0.286. The highest BCUT2D eigenvalue weighted by atomic mass is 16.3. The summed E-state index contributed by atoms with van der Waals surface area (Å²) in [6, 6.07) is 15.8. The van der Waals surface area contributed by atoms with E-state index < -0.39 is 23.4 Å². The predicted octanol–water partition coefficient (Wildman–Crippen LogP) is 0.600. The van der Waals surface area contributed by atoms with Crippen molar-refractivity contribution in [1.29, 1.82) is 0 Å². The van der Waals surface area contributed by atoms with Crippen LogP contribution in [0.5, 0.6) is 0 Å². The van der Waals surface area contributed by atoms with E-state index in [1.54, 1.807) is 24.3 Å². The molecular formula is C21H19N3O4. The molecule has 7 heteroatoms. The lowest BCUT2D eigenvalue weighted by Gasteiger charge is -2.29. The van der Waals surface area contributed by atoms with Crippen molar-refractivity contribution >= 4 is 23.4 Å². The molecular weight excluding hydrogens is 358 g/mol. The number of imide groups is 1. The molecule has 0 bridgehead atoms. The van der Waals surface area contributed by atoms with Gasteiger partial charge in [0.25, 0.3) is 0 Å². The van der Waals surface area contributed by atoms with Gasteiger partial charge in [-0.1, -0.05) is 48.5 Å². The van der Waals surface area contributed by atoms with Crippen LogP contribution >= 0.6 is 0 Å². The molecule has 7 nitrogen and oxygen atoms in total. The van der Waals surface area contributed by atoms with Crippen LogP contribution in [-0.2, 0) is 26.5 Å². The molecule has 3 N–H and O–H groups in total. The molecule has 2 aromatic rings. The number of aliphatic hydroxyl groups is 1. The van der Waals surface area contributed by atoms with E-state index in [0.717, 1.165) is 5.56 Å². The van der Waals surface area contributed by atoms with Gasteiger partial charge in [0.2, 0.25) is 17.7 Å². The SMILES string of the molecule is O=C1[C@@H]2[C@H](CO)N[C@]3(C(=O)Nc4ccccc43)[C@@H]2C(=O)N1Cc1ccccc1. The van der Waals surface area contributed by atoms with Crippen LogP contribution in [-0.4, -0.2) is 40.4 Å². The number of fused-ring (bicyclic) bond motifs is 4. The minimum Gasteiger partial charge on any atom is -0.395 e. The monoisotopic (exact) mass is 377 g/mol. The molecule has 0 unspecified atom stereocenters. The summed E-state index contributed by atoms with van der Waals surface area (Å²) in [5, 5.41) is 15.9. The smallest absolute Gasteiger partial charge is 0.250 e. The Morgan fingerprint density at radius 2 is 1.68 bits per heavy atom. The summed E-state index contributed by atoms with van der Waals surface area (Å²) in [5.41, 5.74) is 0.767. The number of hydrogen-bond acceptors (Lipinski definition) is 5. The van der Waals surface area contributed by atoms with Crippen LogP contribution in [0.3, 0.4) is 0 Å². The first-order chi connectivity index (χ1) is 13.6. The van der Waals surface area contributed by atoms with Gasteiger partial charge in [-0.2, -0.15) is 0 Å². The maximum absolute atomic E-state index is 13.4. The molecule has 0 aliphatic carbocycles. The van der Waals surface area contributed by atoms with E-state index >= 15 is 0 Å². The van der Waals surface area contributed by atoms with Crippen molar-refractivity contribution in [1.82, 2.24) is 10.2 Å². The van der Waals surface area contributed by atoms with E-state index in [9.17, 15) is 19.5 Å². The Hall–Kier alpha value is -3.03. The van der Waals surface area contributed by atoms with Gasteiger partial charge in [0.1, 0.15) is 5.54 Å². The van der Waals surface area contributed by atoms with Crippen molar-refractivity contribution in [2.75, 3.05) is 11.9 Å². The van der Waals surface area contributed by atoms with E-state index in [1.165, 1.54) is 4.90 Å². The molecule has 4 atom stereocenters. The number of carbonyl (C=O) groups excluding carboxylic acids is 3. The number of aliphatic hydroxyl groups excluding tert-OH is 1. The Morgan fingerprint density at radius 1 is 0.964 bits per heavy atom. The molecule has 2 aromatic carbocycles. The molecule has 1 spiro atoms. The van der Waals surface area contributed by atoms with Crippen molar-refractivity contribution in [3.05, 3.63) is 65.7 Å². The third-order valence-electron chi connectivity index (χ3n) is 6.09. The minimum atomic E-state index is -1.34. The van der Waals surface area contributed by atoms with Gasteiger partial charge in [-0.15, -0.1) is 0 Å². The average Bonchev–Trinajstić information content (AvgIpc) is 3.29. The lowest BCUT2D eigenvalue weighted by Crippen LogP contribution is -2.53. The van der Waals surface area contributed by atoms with Gasteiger partial charge in [-0.05, 0) is 11.6 Å². The summed E-state index contributed by atoms with van der Waals surface area (Å²) >= 11 is 0. The molecule has 2 fully saturated rings. The third kappa shape index (κ3) is 2.08. The van der Waals surface area contributed by atoms with Gasteiger partial charge < -0.3 is 10.4 Å². The van der Waals surface area contributed by atoms with Gasteiger partial charge in [0.15, 0.2) is 0 Å². The normalized spacial score (nSPS) is 30.7. The molecule has 5 rings (SSSR count). The number of rotatable bonds is 3. The maximum atomic E-state index is 13.4. The topological polar surface area (TPSA) is 98.7 Å². The zero-order valence-electron chi connectivity index (χ0n) is 15.0. The highest BCUT2D eigenvalue weighted by Crippen LogP contribution is 2.52. The zero-order chi connectivity index (χ0) is 19.5. The Labute approximate surface area is 161 Å². The van der Waals surface area contributed by atoms with E-state index in [1.807, 2.05) is 30.3 Å². The number of carbonyl (C=O) groups is 3. The number of nitrogens with zero attached hydrogens (tertiary/aromatic N) is 1. The van der Waals surface area contributed by atoms with E-state index in [4.69, 9.17) is 0 Å². The zero-order valence-corrected chi connectivity index (χ0v) is 15.0. The van der Waals surface area contributed by atoms with Crippen LogP contribution < -0.4 is 10.6 Å². The number of benzene rings is 2. The molecule has 0 radical (unpaired) electrons. The van der Waals surface area contributed by atoms with Crippen LogP contribution in [0.1, 0.15) is 11.1 Å². The maximum Gasteiger partial charge on any atom is 0.250 e. The van der Waals surface area contributed by atoms with Crippen molar-refractivity contribution in [2.24, 2.45) is 11.8 Å². The third-order valence-corrected chi connectivity index (χ3v) is 6.09. The number of anilines is 1. The second-order valence-corrected chi connectivity index (χ2v) is 7.49. The first-order valence-corrected chi connectivity index (χ1v) is 9.26. The molecule has 0 aromatic heterocycles. The number of para-hydroxylation sites is 1. The summed E-state index contributed by atoms with van der Waals surface area (Å²) in [4.78, 5) is 40.8. The highest BCUT2D eigenvalue weighted by Gasteiger charge is 2.70. The van der Waals surface area contributed by atoms with Crippen LogP contribution in [0.4, 0.5) is 5.69 Å². The predicted molar refractivity (Wildman–Crippen MR) is 99.7 cm³/mol. The molecule has 3 aliphatic rings. The van der Waals surface area contributed by atoms with Crippen molar-refractivity contribution < 1.29 is 19.5 Å². The van der Waals surface area contributed by atoms with E-state index in [0.29, 0.717) is 11.3 Å². The average molecular weight is 377 g/mol. The standard InChI is InChI=1S/C21H19N3O4/c25-11-15-16-17(19(27)24(18(16)26)10-12-6-2-1-3-7-12)21(23-15)13-8-4-5-9-14(13)22-20(21)28/h1-9,15-17,23,25H,10-11H2,(H,22,28)/t15-,16+,17-,21-/m0/s1. The summed E-state index contributed by atoms with van der Waals surface area (Å²) in [7, 11) is 0. The van der Waals surface area contributed by atoms with Gasteiger partial charge in [0, 0.05) is 17.3 Å². The quantitative estimate of drug-likeness (QED) is 0.681. The molecule has 3 heterocycles. The van der Waals surface area contributed by atoms with Crippen molar-refractivity contribution in [3.63, 3.8) is 0 Å². The Kier molecular flexibility index (Phi) is 3.65. The van der Waals surface area contributed by atoms with Crippen molar-refractivity contribution in [3.8, 4) is 0 Å². The van der Waals surface area contributed by atoms with Crippen LogP contribution in [0, 0.1) is 11.8 Å². The first-order valence-electron chi connectivity index (χ1n) is 9.26. The molecule has 3 aliphatic heterocycles. The second kappa shape index (κ2) is 5.98. The van der Waals surface area contributed by atoms with Crippen LogP contribution in [0.25, 0.3) is 0 Å². The largest absolute Gasteiger partial charge is 0.395 e. The van der Waals surface area contributed by atoms with E-state index in [-0.39, 0.29) is 30.9 Å². The van der Waals surface area contributed by atoms with Gasteiger partial charge in [-0.25, -0.2) is 0 Å². The van der Waals surface area contributed by atoms with Crippen LogP contribution in [0.2, 0.25) is 0 Å². The lowest BCUT2D eigenvalue weighted by atomic mass is 9.76.